The monoisotopic (exact) mass is 423 g/mol. The number of nitriles is 1. The lowest BCUT2D eigenvalue weighted by Crippen LogP contribution is -2.02. The van der Waals surface area contributed by atoms with Crippen molar-refractivity contribution in [1.29, 1.82) is 5.26 Å². The van der Waals surface area contributed by atoms with Crippen LogP contribution in [0.25, 0.3) is 6.08 Å². The Hall–Kier alpha value is -4.04. The zero-order valence-corrected chi connectivity index (χ0v) is 18.0. The van der Waals surface area contributed by atoms with Gasteiger partial charge in [-0.15, -0.1) is 0 Å². The maximum absolute atomic E-state index is 8.96. The van der Waals surface area contributed by atoms with Crippen molar-refractivity contribution in [3.63, 3.8) is 0 Å². The minimum absolute atomic E-state index is 0.630. The van der Waals surface area contributed by atoms with Crippen molar-refractivity contribution >= 4 is 29.4 Å². The summed E-state index contributed by atoms with van der Waals surface area (Å²) < 4.78 is 11.5. The van der Waals surface area contributed by atoms with Crippen LogP contribution < -0.4 is 14.8 Å². The molecule has 0 atom stereocenters. The number of hydrogen-bond acceptors (Lipinski definition) is 5. The normalized spacial score (nSPS) is 13.2. The van der Waals surface area contributed by atoms with E-state index in [1.807, 2.05) is 66.7 Å². The molecule has 4 rings (SSSR count). The van der Waals surface area contributed by atoms with Crippen LogP contribution in [-0.4, -0.2) is 19.9 Å². The van der Waals surface area contributed by atoms with E-state index in [0.29, 0.717) is 11.5 Å². The van der Waals surface area contributed by atoms with Gasteiger partial charge < -0.3 is 14.8 Å². The van der Waals surface area contributed by atoms with Crippen molar-refractivity contribution < 1.29 is 9.47 Å². The highest BCUT2D eigenvalue weighted by Gasteiger charge is 2.23. The number of para-hydroxylation sites is 3. The summed E-state index contributed by atoms with van der Waals surface area (Å²) in [6.45, 7) is 0.726. The molecule has 1 aliphatic carbocycles. The molecule has 1 aliphatic rings. The number of nitrogens with one attached hydrogen (secondary N) is 1. The fourth-order valence-electron chi connectivity index (χ4n) is 3.21. The highest BCUT2D eigenvalue weighted by Crippen LogP contribution is 2.35. The van der Waals surface area contributed by atoms with Crippen molar-refractivity contribution in [3.05, 3.63) is 83.9 Å². The van der Waals surface area contributed by atoms with E-state index in [-0.39, 0.29) is 0 Å². The average Bonchev–Trinajstić information content (AvgIpc) is 3.66. The average molecular weight is 424 g/mol. The second-order valence-electron chi connectivity index (χ2n) is 7.60. The second kappa shape index (κ2) is 10.3. The molecule has 0 bridgehead atoms. The maximum Gasteiger partial charge on any atom is 0.168 e. The van der Waals surface area contributed by atoms with Gasteiger partial charge in [0.1, 0.15) is 0 Å². The summed E-state index contributed by atoms with van der Waals surface area (Å²) >= 11 is 0. The molecule has 3 aromatic carbocycles. The predicted molar refractivity (Wildman–Crippen MR) is 129 cm³/mol. The Balaban J connectivity index is 1.48. The SMILES string of the molecule is COc1cccc(C=CC=Nc2ccccc2Nc2ccc(C#N)cc2)c1OCC1CC1. The van der Waals surface area contributed by atoms with E-state index >= 15 is 0 Å². The van der Waals surface area contributed by atoms with Gasteiger partial charge in [-0.2, -0.15) is 5.26 Å². The molecule has 1 fully saturated rings. The quantitative estimate of drug-likeness (QED) is 0.398. The van der Waals surface area contributed by atoms with E-state index in [9.17, 15) is 0 Å². The lowest BCUT2D eigenvalue weighted by molar-refractivity contribution is 0.280. The van der Waals surface area contributed by atoms with E-state index in [2.05, 4.69) is 16.4 Å². The van der Waals surface area contributed by atoms with Crippen LogP contribution >= 0.6 is 0 Å². The summed E-state index contributed by atoms with van der Waals surface area (Å²) in [6.07, 6.45) is 8.12. The van der Waals surface area contributed by atoms with E-state index in [1.54, 1.807) is 25.5 Å². The fraction of sp³-hybridized carbons (Fsp3) is 0.185. The lowest BCUT2D eigenvalue weighted by Gasteiger charge is -2.13. The number of methoxy groups -OCH3 is 1. The van der Waals surface area contributed by atoms with Gasteiger partial charge in [-0.3, -0.25) is 4.99 Å². The molecule has 0 radical (unpaired) electrons. The van der Waals surface area contributed by atoms with Gasteiger partial charge in [0, 0.05) is 17.5 Å². The zero-order valence-electron chi connectivity index (χ0n) is 18.0. The zero-order chi connectivity index (χ0) is 22.2. The molecule has 0 heterocycles. The molecule has 0 amide bonds. The molecule has 0 spiro atoms. The smallest absolute Gasteiger partial charge is 0.168 e. The number of allylic oxidation sites excluding steroid dienone is 1. The second-order valence-corrected chi connectivity index (χ2v) is 7.60. The Morgan fingerprint density at radius 3 is 2.62 bits per heavy atom. The van der Waals surface area contributed by atoms with E-state index in [1.165, 1.54) is 12.8 Å². The summed E-state index contributed by atoms with van der Waals surface area (Å²) in [5.74, 6) is 2.18. The summed E-state index contributed by atoms with van der Waals surface area (Å²) in [5, 5.41) is 12.3. The molecule has 32 heavy (non-hydrogen) atoms. The Bertz CT molecular complexity index is 1160. The first kappa shape index (κ1) is 21.2. The standard InChI is InChI=1S/C27H25N3O2/c1-31-26-10-4-6-22(27(26)32-19-21-11-12-21)7-5-17-29-24-8-2-3-9-25(24)30-23-15-13-20(18-28)14-16-23/h2-10,13-17,21,30H,11-12,19H2,1H3. The van der Waals surface area contributed by atoms with E-state index < -0.39 is 0 Å². The van der Waals surface area contributed by atoms with Gasteiger partial charge in [0.15, 0.2) is 11.5 Å². The van der Waals surface area contributed by atoms with Gasteiger partial charge in [0.05, 0.1) is 36.7 Å². The van der Waals surface area contributed by atoms with Crippen LogP contribution in [0.1, 0.15) is 24.0 Å². The van der Waals surface area contributed by atoms with Crippen LogP contribution in [-0.2, 0) is 0 Å². The number of ether oxygens (including phenoxy) is 2. The Labute approximate surface area is 188 Å². The Kier molecular flexibility index (Phi) is 6.84. The van der Waals surface area contributed by atoms with E-state index in [4.69, 9.17) is 14.7 Å². The summed E-state index contributed by atoms with van der Waals surface area (Å²) in [7, 11) is 1.66. The largest absolute Gasteiger partial charge is 0.493 e. The number of aliphatic imine (C=N–C) groups is 1. The van der Waals surface area contributed by atoms with Crippen molar-refractivity contribution in [1.82, 2.24) is 0 Å². The van der Waals surface area contributed by atoms with Crippen molar-refractivity contribution in [2.75, 3.05) is 19.0 Å². The number of nitrogens with zero attached hydrogens (tertiary/aromatic N) is 2. The van der Waals surface area contributed by atoms with Gasteiger partial charge in [0.2, 0.25) is 0 Å². The third kappa shape index (κ3) is 5.55. The van der Waals surface area contributed by atoms with Crippen LogP contribution in [0.3, 0.4) is 0 Å². The number of benzene rings is 3. The minimum atomic E-state index is 0.630. The van der Waals surface area contributed by atoms with Crippen molar-refractivity contribution in [2.45, 2.75) is 12.8 Å². The molecule has 0 saturated heterocycles. The van der Waals surface area contributed by atoms with Crippen LogP contribution in [0.2, 0.25) is 0 Å². The first-order chi connectivity index (χ1) is 15.8. The number of anilines is 2. The molecule has 1 saturated carbocycles. The van der Waals surface area contributed by atoms with Gasteiger partial charge in [0.25, 0.3) is 0 Å². The Morgan fingerprint density at radius 2 is 1.88 bits per heavy atom. The summed E-state index contributed by atoms with van der Waals surface area (Å²) in [5.41, 5.74) is 4.19. The van der Waals surface area contributed by atoms with Gasteiger partial charge in [-0.1, -0.05) is 24.3 Å². The number of rotatable bonds is 9. The first-order valence-electron chi connectivity index (χ1n) is 10.6. The van der Waals surface area contributed by atoms with Gasteiger partial charge in [-0.05, 0) is 73.4 Å². The van der Waals surface area contributed by atoms with Crippen LogP contribution in [0, 0.1) is 17.2 Å². The van der Waals surface area contributed by atoms with Crippen LogP contribution in [0.4, 0.5) is 17.1 Å². The highest BCUT2D eigenvalue weighted by molar-refractivity contribution is 5.84. The molecule has 5 nitrogen and oxygen atoms in total. The van der Waals surface area contributed by atoms with Crippen molar-refractivity contribution in [2.24, 2.45) is 10.9 Å². The highest BCUT2D eigenvalue weighted by atomic mass is 16.5. The van der Waals surface area contributed by atoms with E-state index in [0.717, 1.165) is 40.7 Å². The molecule has 1 N–H and O–H groups in total. The first-order valence-corrected chi connectivity index (χ1v) is 10.6. The molecule has 3 aromatic rings. The predicted octanol–water partition coefficient (Wildman–Crippen LogP) is 6.51. The summed E-state index contributed by atoms with van der Waals surface area (Å²) in [4.78, 5) is 4.61. The fourth-order valence-corrected chi connectivity index (χ4v) is 3.21. The summed E-state index contributed by atoms with van der Waals surface area (Å²) in [6, 6.07) is 23.2. The van der Waals surface area contributed by atoms with Gasteiger partial charge in [-0.25, -0.2) is 0 Å². The Morgan fingerprint density at radius 1 is 1.06 bits per heavy atom. The lowest BCUT2D eigenvalue weighted by atomic mass is 10.1. The molecular formula is C27H25N3O2. The molecule has 0 aromatic heterocycles. The van der Waals surface area contributed by atoms with Crippen molar-refractivity contribution in [3.8, 4) is 17.6 Å². The topological polar surface area (TPSA) is 66.6 Å². The molecule has 0 unspecified atom stereocenters. The third-order valence-corrected chi connectivity index (χ3v) is 5.16. The molecule has 5 heteroatoms. The van der Waals surface area contributed by atoms with Gasteiger partial charge >= 0.3 is 0 Å². The molecular weight excluding hydrogens is 398 g/mol. The third-order valence-electron chi connectivity index (χ3n) is 5.16. The molecule has 0 aliphatic heterocycles. The maximum atomic E-state index is 8.96. The minimum Gasteiger partial charge on any atom is -0.493 e. The molecule has 160 valence electrons. The van der Waals surface area contributed by atoms with Crippen LogP contribution in [0.15, 0.2) is 77.8 Å². The number of hydrogen-bond donors (Lipinski definition) is 1. The van der Waals surface area contributed by atoms with Crippen LogP contribution in [0.5, 0.6) is 11.5 Å².